The van der Waals surface area contributed by atoms with Gasteiger partial charge in [-0.25, -0.2) is 0 Å². The number of rotatable bonds is 6. The predicted molar refractivity (Wildman–Crippen MR) is 106 cm³/mol. The summed E-state index contributed by atoms with van der Waals surface area (Å²) >= 11 is 1.99. The lowest BCUT2D eigenvalue weighted by atomic mass is 10.1. The van der Waals surface area contributed by atoms with Crippen molar-refractivity contribution in [2.24, 2.45) is 0 Å². The summed E-state index contributed by atoms with van der Waals surface area (Å²) in [6.45, 7) is 10.1. The van der Waals surface area contributed by atoms with Crippen LogP contribution < -0.4 is 4.90 Å². The molecule has 0 aromatic heterocycles. The van der Waals surface area contributed by atoms with Gasteiger partial charge in [-0.1, -0.05) is 43.3 Å². The van der Waals surface area contributed by atoms with Crippen molar-refractivity contribution < 1.29 is 0 Å². The van der Waals surface area contributed by atoms with Crippen molar-refractivity contribution in [1.29, 1.82) is 0 Å². The Bertz CT molecular complexity index is 634. The average molecular weight is 341 g/mol. The molecule has 2 nitrogen and oxygen atoms in total. The van der Waals surface area contributed by atoms with Gasteiger partial charge in [0.05, 0.1) is 0 Å². The summed E-state index contributed by atoms with van der Waals surface area (Å²) in [7, 11) is 0. The number of anilines is 1. The van der Waals surface area contributed by atoms with Crippen molar-refractivity contribution in [3.63, 3.8) is 0 Å². The van der Waals surface area contributed by atoms with Crippen LogP contribution in [0.1, 0.15) is 24.5 Å². The second-order valence-corrected chi connectivity index (χ2v) is 7.63. The van der Waals surface area contributed by atoms with Gasteiger partial charge in [-0.3, -0.25) is 4.90 Å². The first-order valence-electron chi connectivity index (χ1n) is 9.01. The lowest BCUT2D eigenvalue weighted by Crippen LogP contribution is -2.46. The summed E-state index contributed by atoms with van der Waals surface area (Å²) in [5.74, 6) is 1.20. The first-order chi connectivity index (χ1) is 11.8. The number of hydrogen-bond donors (Lipinski definition) is 0. The highest BCUT2D eigenvalue weighted by Crippen LogP contribution is 2.31. The van der Waals surface area contributed by atoms with Crippen LogP contribution in [-0.4, -0.2) is 36.8 Å². The van der Waals surface area contributed by atoms with Gasteiger partial charge >= 0.3 is 0 Å². The molecule has 3 heteroatoms. The smallest absolute Gasteiger partial charge is 0.0408 e. The number of hydrogen-bond acceptors (Lipinski definition) is 3. The number of piperazine rings is 1. The van der Waals surface area contributed by atoms with Crippen molar-refractivity contribution in [3.8, 4) is 0 Å². The molecule has 0 radical (unpaired) electrons. The molecule has 0 spiro atoms. The molecule has 0 N–H and O–H groups in total. The van der Waals surface area contributed by atoms with Crippen LogP contribution in [0, 0.1) is 6.92 Å². The van der Waals surface area contributed by atoms with E-state index >= 15 is 0 Å². The third kappa shape index (κ3) is 4.34. The van der Waals surface area contributed by atoms with Crippen LogP contribution in [-0.2, 0) is 6.54 Å². The van der Waals surface area contributed by atoms with Crippen molar-refractivity contribution in [3.05, 3.63) is 59.7 Å². The normalized spacial score (nSPS) is 15.7. The standard InChI is InChI=1S/C21H28N2S/c1-3-16-24-21-11-7-10-20(18(21)2)23-14-12-22(13-15-23)17-19-8-5-4-6-9-19/h4-11H,3,12-17H2,1-2H3. The second kappa shape index (κ2) is 8.59. The Morgan fingerprint density at radius 2 is 1.67 bits per heavy atom. The number of thioether (sulfide) groups is 1. The van der Waals surface area contributed by atoms with Crippen molar-refractivity contribution in [2.75, 3.05) is 36.8 Å². The van der Waals surface area contributed by atoms with E-state index in [1.54, 1.807) is 0 Å². The van der Waals surface area contributed by atoms with Gasteiger partial charge in [0.15, 0.2) is 0 Å². The van der Waals surface area contributed by atoms with Gasteiger partial charge in [-0.15, -0.1) is 11.8 Å². The van der Waals surface area contributed by atoms with Crippen LogP contribution in [0.4, 0.5) is 5.69 Å². The molecule has 0 saturated carbocycles. The topological polar surface area (TPSA) is 6.48 Å². The third-order valence-corrected chi connectivity index (χ3v) is 6.04. The van der Waals surface area contributed by atoms with E-state index in [1.807, 2.05) is 11.8 Å². The predicted octanol–water partition coefficient (Wildman–Crippen LogP) is 4.82. The van der Waals surface area contributed by atoms with Gasteiger partial charge in [-0.05, 0) is 42.4 Å². The molecule has 1 aliphatic rings. The van der Waals surface area contributed by atoms with Crippen LogP contribution in [0.2, 0.25) is 0 Å². The van der Waals surface area contributed by atoms with Gasteiger partial charge < -0.3 is 4.90 Å². The monoisotopic (exact) mass is 340 g/mol. The van der Waals surface area contributed by atoms with E-state index in [9.17, 15) is 0 Å². The van der Waals surface area contributed by atoms with E-state index < -0.39 is 0 Å². The Labute approximate surface area is 150 Å². The molecule has 1 aliphatic heterocycles. The van der Waals surface area contributed by atoms with E-state index in [4.69, 9.17) is 0 Å². The summed E-state index contributed by atoms with van der Waals surface area (Å²) in [5, 5.41) is 0. The maximum absolute atomic E-state index is 2.57. The summed E-state index contributed by atoms with van der Waals surface area (Å²) < 4.78 is 0. The highest BCUT2D eigenvalue weighted by Gasteiger charge is 2.19. The van der Waals surface area contributed by atoms with Crippen molar-refractivity contribution in [1.82, 2.24) is 4.90 Å². The molecule has 0 aliphatic carbocycles. The second-order valence-electron chi connectivity index (χ2n) is 6.50. The van der Waals surface area contributed by atoms with Crippen LogP contribution in [0.3, 0.4) is 0 Å². The molecule has 1 fully saturated rings. The van der Waals surface area contributed by atoms with E-state index in [2.05, 4.69) is 72.2 Å². The molecule has 3 rings (SSSR count). The minimum Gasteiger partial charge on any atom is -0.369 e. The fraction of sp³-hybridized carbons (Fsp3) is 0.429. The van der Waals surface area contributed by atoms with Crippen LogP contribution in [0.25, 0.3) is 0 Å². The number of nitrogens with zero attached hydrogens (tertiary/aromatic N) is 2. The summed E-state index contributed by atoms with van der Waals surface area (Å²) in [6.07, 6.45) is 1.23. The quantitative estimate of drug-likeness (QED) is 0.696. The van der Waals surface area contributed by atoms with Crippen LogP contribution in [0.15, 0.2) is 53.4 Å². The van der Waals surface area contributed by atoms with Gasteiger partial charge in [0, 0.05) is 43.3 Å². The maximum Gasteiger partial charge on any atom is 0.0408 e. The maximum atomic E-state index is 2.57. The third-order valence-electron chi connectivity index (χ3n) is 4.68. The van der Waals surface area contributed by atoms with Crippen LogP contribution >= 0.6 is 11.8 Å². The number of benzene rings is 2. The largest absolute Gasteiger partial charge is 0.369 e. The van der Waals surface area contributed by atoms with Crippen molar-refractivity contribution in [2.45, 2.75) is 31.7 Å². The fourth-order valence-corrected chi connectivity index (χ4v) is 4.22. The Morgan fingerprint density at radius 1 is 0.917 bits per heavy atom. The lowest BCUT2D eigenvalue weighted by Gasteiger charge is -2.37. The molecule has 2 aromatic rings. The minimum absolute atomic E-state index is 1.07. The lowest BCUT2D eigenvalue weighted by molar-refractivity contribution is 0.250. The van der Waals surface area contributed by atoms with E-state index in [0.717, 1.165) is 32.7 Å². The highest BCUT2D eigenvalue weighted by molar-refractivity contribution is 7.99. The summed E-state index contributed by atoms with van der Waals surface area (Å²) in [6, 6.07) is 17.6. The molecule has 24 heavy (non-hydrogen) atoms. The zero-order valence-electron chi connectivity index (χ0n) is 14.9. The minimum atomic E-state index is 1.07. The first kappa shape index (κ1) is 17.4. The molecule has 1 saturated heterocycles. The van der Waals surface area contributed by atoms with E-state index in [0.29, 0.717) is 0 Å². The van der Waals surface area contributed by atoms with Gasteiger partial charge in [0.1, 0.15) is 0 Å². The highest BCUT2D eigenvalue weighted by atomic mass is 32.2. The molecule has 0 bridgehead atoms. The Balaban J connectivity index is 1.60. The van der Waals surface area contributed by atoms with Gasteiger partial charge in [0.2, 0.25) is 0 Å². The summed E-state index contributed by atoms with van der Waals surface area (Å²) in [4.78, 5) is 6.57. The Morgan fingerprint density at radius 3 is 2.38 bits per heavy atom. The Hall–Kier alpha value is -1.45. The molecule has 0 unspecified atom stereocenters. The molecular weight excluding hydrogens is 312 g/mol. The molecule has 128 valence electrons. The fourth-order valence-electron chi connectivity index (χ4n) is 3.30. The molecule has 1 heterocycles. The van der Waals surface area contributed by atoms with Crippen LogP contribution in [0.5, 0.6) is 0 Å². The molecular formula is C21H28N2S. The zero-order chi connectivity index (χ0) is 16.8. The molecule has 0 atom stereocenters. The van der Waals surface area contributed by atoms with Gasteiger partial charge in [-0.2, -0.15) is 0 Å². The van der Waals surface area contributed by atoms with Gasteiger partial charge in [0.25, 0.3) is 0 Å². The Kier molecular flexibility index (Phi) is 6.22. The zero-order valence-corrected chi connectivity index (χ0v) is 15.7. The van der Waals surface area contributed by atoms with E-state index in [-0.39, 0.29) is 0 Å². The SMILES string of the molecule is CCCSc1cccc(N2CCN(Cc3ccccc3)CC2)c1C. The molecule has 2 aromatic carbocycles. The van der Waals surface area contributed by atoms with E-state index in [1.165, 1.54) is 33.9 Å². The summed E-state index contributed by atoms with van der Waals surface area (Å²) in [5.41, 5.74) is 4.29. The average Bonchev–Trinajstić information content (AvgIpc) is 2.63. The first-order valence-corrected chi connectivity index (χ1v) is 10.00. The van der Waals surface area contributed by atoms with Crippen molar-refractivity contribution >= 4 is 17.4 Å². The molecule has 0 amide bonds.